The van der Waals surface area contributed by atoms with Gasteiger partial charge >= 0.3 is 0 Å². The first-order valence-electron chi connectivity index (χ1n) is 3.23. The average molecular weight is 130 g/mol. The van der Waals surface area contributed by atoms with Gasteiger partial charge < -0.3 is 4.18 Å². The van der Waals surface area contributed by atoms with E-state index in [1.165, 1.54) is 25.0 Å². The Balaban J connectivity index is 2.03. The van der Waals surface area contributed by atoms with Crippen LogP contribution in [0, 0.1) is 5.92 Å². The van der Waals surface area contributed by atoms with Gasteiger partial charge in [0.05, 0.1) is 6.10 Å². The van der Waals surface area contributed by atoms with Gasteiger partial charge in [0, 0.05) is 5.75 Å². The van der Waals surface area contributed by atoms with Crippen molar-refractivity contribution in [2.45, 2.75) is 25.4 Å². The molecule has 0 spiro atoms. The lowest BCUT2D eigenvalue weighted by molar-refractivity contribution is 0.234. The van der Waals surface area contributed by atoms with Gasteiger partial charge in [-0.15, -0.1) is 0 Å². The summed E-state index contributed by atoms with van der Waals surface area (Å²) in [5.41, 5.74) is 0. The van der Waals surface area contributed by atoms with E-state index < -0.39 is 0 Å². The van der Waals surface area contributed by atoms with E-state index >= 15 is 0 Å². The normalized spacial score (nSPS) is 45.0. The lowest BCUT2D eigenvalue weighted by Gasteiger charge is -2.16. The summed E-state index contributed by atoms with van der Waals surface area (Å²) in [7, 11) is 0. The Morgan fingerprint density at radius 3 is 3.12 bits per heavy atom. The minimum absolute atomic E-state index is 0.624. The Labute approximate surface area is 54.0 Å². The van der Waals surface area contributed by atoms with Crippen LogP contribution in [0.15, 0.2) is 0 Å². The number of fused-ring (bicyclic) bond motifs is 2. The van der Waals surface area contributed by atoms with E-state index in [1.54, 1.807) is 12.0 Å². The van der Waals surface area contributed by atoms with Gasteiger partial charge in [0.2, 0.25) is 0 Å². The third-order valence-corrected chi connectivity index (χ3v) is 3.02. The second-order valence-electron chi connectivity index (χ2n) is 2.68. The molecule has 0 amide bonds. The molecule has 2 heteroatoms. The summed E-state index contributed by atoms with van der Waals surface area (Å²) in [6.07, 6.45) is 4.70. The molecule has 0 aromatic rings. The van der Waals surface area contributed by atoms with Gasteiger partial charge in [-0.2, -0.15) is 0 Å². The summed E-state index contributed by atoms with van der Waals surface area (Å²) in [5, 5.41) is 0. The first-order chi connectivity index (χ1) is 3.95. The highest BCUT2D eigenvalue weighted by molar-refractivity contribution is 7.94. The lowest BCUT2D eigenvalue weighted by Crippen LogP contribution is -2.11. The fraction of sp³-hybridized carbons (Fsp3) is 1.00. The topological polar surface area (TPSA) is 9.23 Å². The molecule has 0 radical (unpaired) electrons. The van der Waals surface area contributed by atoms with Gasteiger partial charge in [0.15, 0.2) is 0 Å². The Bertz CT molecular complexity index is 80.5. The predicted octanol–water partition coefficient (Wildman–Crippen LogP) is 1.83. The Kier molecular flexibility index (Phi) is 1.23. The molecule has 1 saturated heterocycles. The smallest absolute Gasteiger partial charge is 0.0725 e. The standard InChI is InChI=1S/C6H10OS/c1-2-6-3-5(1)4-8-7-6/h5-6H,1-4H2. The molecule has 1 heterocycles. The van der Waals surface area contributed by atoms with Crippen LogP contribution in [0.2, 0.25) is 0 Å². The highest BCUT2D eigenvalue weighted by Gasteiger charge is 2.29. The quantitative estimate of drug-likeness (QED) is 0.463. The Morgan fingerprint density at radius 1 is 1.38 bits per heavy atom. The summed E-state index contributed by atoms with van der Waals surface area (Å²) in [6.45, 7) is 0. The summed E-state index contributed by atoms with van der Waals surface area (Å²) < 4.78 is 5.39. The third kappa shape index (κ3) is 0.759. The van der Waals surface area contributed by atoms with Crippen LogP contribution < -0.4 is 0 Å². The molecule has 2 aliphatic rings. The van der Waals surface area contributed by atoms with Crippen molar-refractivity contribution in [2.24, 2.45) is 5.92 Å². The van der Waals surface area contributed by atoms with Crippen molar-refractivity contribution < 1.29 is 4.18 Å². The van der Waals surface area contributed by atoms with E-state index in [2.05, 4.69) is 0 Å². The van der Waals surface area contributed by atoms with Crippen molar-refractivity contribution in [1.82, 2.24) is 0 Å². The van der Waals surface area contributed by atoms with E-state index in [4.69, 9.17) is 4.18 Å². The van der Waals surface area contributed by atoms with Crippen molar-refractivity contribution in [1.29, 1.82) is 0 Å². The van der Waals surface area contributed by atoms with Crippen molar-refractivity contribution in [3.63, 3.8) is 0 Å². The monoisotopic (exact) mass is 130 g/mol. The fourth-order valence-electron chi connectivity index (χ4n) is 1.50. The van der Waals surface area contributed by atoms with Crippen LogP contribution in [0.25, 0.3) is 0 Å². The molecule has 1 aliphatic heterocycles. The maximum absolute atomic E-state index is 5.39. The van der Waals surface area contributed by atoms with Crippen LogP contribution in [0.4, 0.5) is 0 Å². The van der Waals surface area contributed by atoms with E-state index in [9.17, 15) is 0 Å². The predicted molar refractivity (Wildman–Crippen MR) is 34.7 cm³/mol. The first-order valence-corrected chi connectivity index (χ1v) is 4.14. The van der Waals surface area contributed by atoms with Gasteiger partial charge in [0.1, 0.15) is 0 Å². The SMILES string of the molecule is C1CC2CC1CSO2. The van der Waals surface area contributed by atoms with E-state index in [0.717, 1.165) is 5.92 Å². The van der Waals surface area contributed by atoms with Crippen molar-refractivity contribution >= 4 is 12.0 Å². The van der Waals surface area contributed by atoms with Gasteiger partial charge in [-0.3, -0.25) is 0 Å². The molecule has 1 nitrogen and oxygen atoms in total. The Morgan fingerprint density at radius 2 is 2.38 bits per heavy atom. The zero-order valence-electron chi connectivity index (χ0n) is 4.80. The second-order valence-corrected chi connectivity index (χ2v) is 3.44. The lowest BCUT2D eigenvalue weighted by atomic mass is 10.1. The van der Waals surface area contributed by atoms with Crippen molar-refractivity contribution in [2.75, 3.05) is 5.75 Å². The van der Waals surface area contributed by atoms with Crippen molar-refractivity contribution in [3.05, 3.63) is 0 Å². The van der Waals surface area contributed by atoms with E-state index in [1.807, 2.05) is 0 Å². The van der Waals surface area contributed by atoms with Crippen LogP contribution in [0.3, 0.4) is 0 Å². The maximum Gasteiger partial charge on any atom is 0.0725 e. The largest absolute Gasteiger partial charge is 0.312 e. The molecule has 8 heavy (non-hydrogen) atoms. The highest BCUT2D eigenvalue weighted by Crippen LogP contribution is 2.37. The summed E-state index contributed by atoms with van der Waals surface area (Å²) >= 11 is 1.67. The Hall–Kier alpha value is 0.310. The summed E-state index contributed by atoms with van der Waals surface area (Å²) in [4.78, 5) is 0. The molecule has 2 fully saturated rings. The molecule has 0 aromatic carbocycles. The fourth-order valence-corrected chi connectivity index (χ4v) is 2.44. The van der Waals surface area contributed by atoms with Gasteiger partial charge in [-0.1, -0.05) is 0 Å². The minimum atomic E-state index is 0.624. The molecule has 2 unspecified atom stereocenters. The summed E-state index contributed by atoms with van der Waals surface area (Å²) in [6, 6.07) is 0. The average Bonchev–Trinajstić information content (AvgIpc) is 2.12. The minimum Gasteiger partial charge on any atom is -0.312 e. The van der Waals surface area contributed by atoms with Gasteiger partial charge in [-0.05, 0) is 37.2 Å². The third-order valence-electron chi connectivity index (χ3n) is 2.00. The van der Waals surface area contributed by atoms with Crippen LogP contribution in [-0.4, -0.2) is 11.9 Å². The number of hydrogen-bond donors (Lipinski definition) is 0. The van der Waals surface area contributed by atoms with Gasteiger partial charge in [0.25, 0.3) is 0 Å². The van der Waals surface area contributed by atoms with Gasteiger partial charge in [-0.25, -0.2) is 0 Å². The van der Waals surface area contributed by atoms with Crippen LogP contribution in [0.1, 0.15) is 19.3 Å². The second kappa shape index (κ2) is 1.92. The first kappa shape index (κ1) is 5.12. The number of rotatable bonds is 0. The number of hydrogen-bond acceptors (Lipinski definition) is 2. The molecule has 1 saturated carbocycles. The molecular formula is C6H10OS. The maximum atomic E-state index is 5.39. The van der Waals surface area contributed by atoms with Crippen LogP contribution in [0.5, 0.6) is 0 Å². The van der Waals surface area contributed by atoms with E-state index in [0.29, 0.717) is 6.10 Å². The summed E-state index contributed by atoms with van der Waals surface area (Å²) in [5.74, 6) is 2.25. The molecule has 2 rings (SSSR count). The van der Waals surface area contributed by atoms with Crippen LogP contribution in [-0.2, 0) is 4.18 Å². The van der Waals surface area contributed by atoms with E-state index in [-0.39, 0.29) is 0 Å². The molecule has 0 N–H and O–H groups in total. The molecule has 1 aliphatic carbocycles. The molecule has 2 bridgehead atoms. The highest BCUT2D eigenvalue weighted by atomic mass is 32.2. The van der Waals surface area contributed by atoms with Crippen molar-refractivity contribution in [3.8, 4) is 0 Å². The molecule has 46 valence electrons. The molecule has 0 aromatic heterocycles. The van der Waals surface area contributed by atoms with Crippen LogP contribution >= 0.6 is 12.0 Å². The molecule has 2 atom stereocenters. The zero-order valence-corrected chi connectivity index (χ0v) is 5.62. The zero-order chi connectivity index (χ0) is 5.40. The molecular weight excluding hydrogens is 120 g/mol.